The van der Waals surface area contributed by atoms with Crippen LogP contribution >= 0.6 is 0 Å². The summed E-state index contributed by atoms with van der Waals surface area (Å²) in [6.45, 7) is 2.61. The Morgan fingerprint density at radius 3 is 2.38 bits per heavy atom. The van der Waals surface area contributed by atoms with Gasteiger partial charge in [0.15, 0.2) is 11.9 Å². The molecule has 7 heteroatoms. The molecule has 1 heterocycles. The van der Waals surface area contributed by atoms with E-state index in [1.165, 1.54) is 0 Å². The minimum Gasteiger partial charge on any atom is -0.486 e. The maximum absolute atomic E-state index is 13.2. The van der Waals surface area contributed by atoms with Crippen molar-refractivity contribution in [3.05, 3.63) is 106 Å². The molecule has 0 saturated carbocycles. The Morgan fingerprint density at radius 2 is 1.68 bits per heavy atom. The van der Waals surface area contributed by atoms with Crippen LogP contribution in [0.25, 0.3) is 10.9 Å². The van der Waals surface area contributed by atoms with Gasteiger partial charge in [0.05, 0.1) is 17.4 Å². The summed E-state index contributed by atoms with van der Waals surface area (Å²) in [6, 6.07) is 24.2. The van der Waals surface area contributed by atoms with E-state index in [2.05, 4.69) is 0 Å². The summed E-state index contributed by atoms with van der Waals surface area (Å²) in [7, 11) is 0. The first-order valence-electron chi connectivity index (χ1n) is 11.1. The van der Waals surface area contributed by atoms with Crippen molar-refractivity contribution in [2.75, 3.05) is 6.61 Å². The Balaban J connectivity index is 1.55. The van der Waals surface area contributed by atoms with E-state index in [9.17, 15) is 14.7 Å². The molecule has 34 heavy (non-hydrogen) atoms. The summed E-state index contributed by atoms with van der Waals surface area (Å²) in [6.07, 6.45) is -0.613. The number of para-hydroxylation sites is 1. The fraction of sp³-hybridized carbons (Fsp3) is 0.222. The van der Waals surface area contributed by atoms with Gasteiger partial charge in [-0.25, -0.2) is 9.78 Å². The van der Waals surface area contributed by atoms with Crippen molar-refractivity contribution >= 4 is 16.9 Å². The third kappa shape index (κ3) is 5.50. The highest BCUT2D eigenvalue weighted by atomic mass is 16.5. The van der Waals surface area contributed by atoms with Gasteiger partial charge in [0.2, 0.25) is 0 Å². The van der Waals surface area contributed by atoms with Gasteiger partial charge in [0.1, 0.15) is 12.4 Å². The standard InChI is InChI=1S/C27H26N2O5/c1-2-33-24(27(31)32)16-19-12-14-21(15-13-19)34-18-25-28-23-11-7-6-10-22(23)26(30)29(25)17-20-8-4-3-5-9-20/h3-15,24H,2,16-18H2,1H3,(H,31,32). The molecule has 0 radical (unpaired) electrons. The van der Waals surface area contributed by atoms with Crippen molar-refractivity contribution in [2.24, 2.45) is 0 Å². The van der Waals surface area contributed by atoms with Crippen molar-refractivity contribution in [3.8, 4) is 5.75 Å². The summed E-state index contributed by atoms with van der Waals surface area (Å²) in [4.78, 5) is 29.2. The fourth-order valence-corrected chi connectivity index (χ4v) is 3.76. The van der Waals surface area contributed by atoms with Crippen LogP contribution in [0, 0.1) is 0 Å². The molecule has 0 aliphatic carbocycles. The Hall–Kier alpha value is -3.97. The number of hydrogen-bond acceptors (Lipinski definition) is 5. The number of carbonyl (C=O) groups is 1. The smallest absolute Gasteiger partial charge is 0.333 e. The second-order valence-corrected chi connectivity index (χ2v) is 7.84. The second-order valence-electron chi connectivity index (χ2n) is 7.84. The molecule has 3 aromatic carbocycles. The van der Waals surface area contributed by atoms with Crippen molar-refractivity contribution in [2.45, 2.75) is 32.6 Å². The van der Waals surface area contributed by atoms with E-state index < -0.39 is 12.1 Å². The van der Waals surface area contributed by atoms with Gasteiger partial charge in [-0.05, 0) is 42.3 Å². The van der Waals surface area contributed by atoms with Gasteiger partial charge in [-0.2, -0.15) is 0 Å². The molecule has 174 valence electrons. The van der Waals surface area contributed by atoms with Crippen LogP contribution in [0.4, 0.5) is 0 Å². The minimum atomic E-state index is -0.985. The van der Waals surface area contributed by atoms with Crippen LogP contribution in [-0.2, 0) is 29.1 Å². The SMILES string of the molecule is CCOC(Cc1ccc(OCc2nc3ccccc3c(=O)n2Cc2ccccc2)cc1)C(=O)O. The molecule has 0 spiro atoms. The van der Waals surface area contributed by atoms with E-state index in [1.54, 1.807) is 29.7 Å². The zero-order chi connectivity index (χ0) is 23.9. The molecule has 0 aliphatic rings. The second kappa shape index (κ2) is 10.8. The maximum Gasteiger partial charge on any atom is 0.333 e. The lowest BCUT2D eigenvalue weighted by atomic mass is 10.1. The Bertz CT molecular complexity index is 1320. The van der Waals surface area contributed by atoms with Gasteiger partial charge in [-0.3, -0.25) is 9.36 Å². The zero-order valence-corrected chi connectivity index (χ0v) is 18.9. The fourth-order valence-electron chi connectivity index (χ4n) is 3.76. The number of benzene rings is 3. The number of aromatic nitrogens is 2. The number of hydrogen-bond donors (Lipinski definition) is 1. The predicted octanol–water partition coefficient (Wildman–Crippen LogP) is 4.06. The van der Waals surface area contributed by atoms with Crippen LogP contribution < -0.4 is 10.3 Å². The van der Waals surface area contributed by atoms with E-state index in [0.29, 0.717) is 35.6 Å². The predicted molar refractivity (Wildman–Crippen MR) is 129 cm³/mol. The van der Waals surface area contributed by atoms with Crippen LogP contribution in [-0.4, -0.2) is 33.3 Å². The molecule has 4 rings (SSSR count). The quantitative estimate of drug-likeness (QED) is 0.386. The molecule has 1 aromatic heterocycles. The average molecular weight is 459 g/mol. The third-order valence-corrected chi connectivity index (χ3v) is 5.48. The summed E-state index contributed by atoms with van der Waals surface area (Å²) in [5, 5.41) is 9.84. The summed E-state index contributed by atoms with van der Waals surface area (Å²) >= 11 is 0. The first-order chi connectivity index (χ1) is 16.5. The highest BCUT2D eigenvalue weighted by molar-refractivity contribution is 5.77. The first-order valence-corrected chi connectivity index (χ1v) is 11.1. The zero-order valence-electron chi connectivity index (χ0n) is 18.9. The van der Waals surface area contributed by atoms with Crippen LogP contribution in [0.5, 0.6) is 5.75 Å². The van der Waals surface area contributed by atoms with E-state index >= 15 is 0 Å². The molecular formula is C27H26N2O5. The third-order valence-electron chi connectivity index (χ3n) is 5.48. The Kier molecular flexibility index (Phi) is 7.34. The number of rotatable bonds is 10. The van der Waals surface area contributed by atoms with Crippen LogP contribution in [0.2, 0.25) is 0 Å². The van der Waals surface area contributed by atoms with Gasteiger partial charge in [0.25, 0.3) is 5.56 Å². The number of carboxylic acid groups (broad SMARTS) is 1. The molecule has 0 fully saturated rings. The molecule has 0 bridgehead atoms. The summed E-state index contributed by atoms with van der Waals surface area (Å²) in [5.74, 6) is 0.139. The largest absolute Gasteiger partial charge is 0.486 e. The molecule has 0 saturated heterocycles. The molecular weight excluding hydrogens is 432 g/mol. The lowest BCUT2D eigenvalue weighted by Gasteiger charge is -2.15. The molecule has 1 unspecified atom stereocenters. The molecule has 0 aliphatic heterocycles. The maximum atomic E-state index is 13.2. The van der Waals surface area contributed by atoms with Gasteiger partial charge in [0, 0.05) is 13.0 Å². The lowest BCUT2D eigenvalue weighted by molar-refractivity contribution is -0.149. The van der Waals surface area contributed by atoms with Gasteiger partial charge in [-0.1, -0.05) is 54.6 Å². The van der Waals surface area contributed by atoms with Crippen molar-refractivity contribution in [3.63, 3.8) is 0 Å². The summed E-state index contributed by atoms with van der Waals surface area (Å²) in [5.41, 5.74) is 2.34. The Labute approximate surface area is 197 Å². The van der Waals surface area contributed by atoms with Crippen LogP contribution in [0.15, 0.2) is 83.7 Å². The molecule has 1 atom stereocenters. The van der Waals surface area contributed by atoms with E-state index in [-0.39, 0.29) is 18.6 Å². The van der Waals surface area contributed by atoms with E-state index in [4.69, 9.17) is 14.5 Å². The van der Waals surface area contributed by atoms with Gasteiger partial charge in [-0.15, -0.1) is 0 Å². The van der Waals surface area contributed by atoms with Crippen LogP contribution in [0.1, 0.15) is 23.9 Å². The summed E-state index contributed by atoms with van der Waals surface area (Å²) < 4.78 is 12.9. The van der Waals surface area contributed by atoms with Crippen molar-refractivity contribution < 1.29 is 19.4 Å². The average Bonchev–Trinajstić information content (AvgIpc) is 2.86. The highest BCUT2D eigenvalue weighted by Gasteiger charge is 2.18. The molecule has 7 nitrogen and oxygen atoms in total. The lowest BCUT2D eigenvalue weighted by Crippen LogP contribution is -2.27. The van der Waals surface area contributed by atoms with Crippen molar-refractivity contribution in [1.82, 2.24) is 9.55 Å². The molecule has 1 N–H and O–H groups in total. The number of fused-ring (bicyclic) bond motifs is 1. The topological polar surface area (TPSA) is 90.7 Å². The van der Waals surface area contributed by atoms with Gasteiger partial charge < -0.3 is 14.6 Å². The number of nitrogens with zero attached hydrogens (tertiary/aromatic N) is 2. The normalized spacial score (nSPS) is 11.9. The monoisotopic (exact) mass is 458 g/mol. The number of carboxylic acids is 1. The van der Waals surface area contributed by atoms with E-state index in [1.807, 2.05) is 60.7 Å². The highest BCUT2D eigenvalue weighted by Crippen LogP contribution is 2.17. The number of aliphatic carboxylic acids is 1. The first kappa shape index (κ1) is 23.2. The van der Waals surface area contributed by atoms with Crippen molar-refractivity contribution in [1.29, 1.82) is 0 Å². The molecule has 4 aromatic rings. The minimum absolute atomic E-state index is 0.112. The number of ether oxygens (including phenoxy) is 2. The Morgan fingerprint density at radius 1 is 0.971 bits per heavy atom. The van der Waals surface area contributed by atoms with Crippen LogP contribution in [0.3, 0.4) is 0 Å². The molecule has 0 amide bonds. The van der Waals surface area contributed by atoms with E-state index in [0.717, 1.165) is 11.1 Å². The van der Waals surface area contributed by atoms with Gasteiger partial charge >= 0.3 is 5.97 Å².